The molecule has 110 valence electrons. The topological polar surface area (TPSA) is 32.5 Å². The number of rotatable bonds is 2. The van der Waals surface area contributed by atoms with Crippen molar-refractivity contribution in [3.05, 3.63) is 29.6 Å². The van der Waals surface area contributed by atoms with Gasteiger partial charge in [0.05, 0.1) is 5.69 Å². The van der Waals surface area contributed by atoms with E-state index in [-0.39, 0.29) is 11.9 Å². The summed E-state index contributed by atoms with van der Waals surface area (Å²) in [6, 6.07) is 6.56. The zero-order valence-electron chi connectivity index (χ0n) is 12.3. The van der Waals surface area contributed by atoms with Crippen molar-refractivity contribution < 1.29 is 4.39 Å². The maximum atomic E-state index is 14.4. The van der Waals surface area contributed by atoms with Gasteiger partial charge in [-0.3, -0.25) is 4.90 Å². The first kappa shape index (κ1) is 13.8. The van der Waals surface area contributed by atoms with Crippen molar-refractivity contribution in [2.45, 2.75) is 44.3 Å². The smallest absolute Gasteiger partial charge is 0.146 e. The molecule has 3 atom stereocenters. The molecule has 0 aromatic heterocycles. The third-order valence-electron chi connectivity index (χ3n) is 4.99. The molecular weight excluding hydrogens is 253 g/mol. The number of hydrogen-bond acceptors (Lipinski definition) is 3. The second-order valence-electron chi connectivity index (χ2n) is 6.28. The Balaban J connectivity index is 1.82. The van der Waals surface area contributed by atoms with Crippen molar-refractivity contribution in [2.24, 2.45) is 5.73 Å². The lowest BCUT2D eigenvalue weighted by molar-refractivity contribution is 0.254. The van der Waals surface area contributed by atoms with Gasteiger partial charge in [-0.2, -0.15) is 0 Å². The summed E-state index contributed by atoms with van der Waals surface area (Å²) >= 11 is 0. The molecule has 2 bridgehead atoms. The molecule has 2 N–H and O–H groups in total. The van der Waals surface area contributed by atoms with Gasteiger partial charge < -0.3 is 10.6 Å². The van der Waals surface area contributed by atoms with Crippen molar-refractivity contribution in [2.75, 3.05) is 25.0 Å². The normalized spacial score (nSPS) is 28.5. The van der Waals surface area contributed by atoms with Crippen molar-refractivity contribution in [1.82, 2.24) is 4.90 Å². The summed E-state index contributed by atoms with van der Waals surface area (Å²) in [5.41, 5.74) is 7.41. The monoisotopic (exact) mass is 277 g/mol. The largest absolute Gasteiger partial charge is 0.368 e. The molecular formula is C16H24FN3. The molecule has 0 amide bonds. The Bertz CT molecular complexity index is 489. The highest BCUT2D eigenvalue weighted by molar-refractivity contribution is 5.50. The molecule has 3 nitrogen and oxygen atoms in total. The minimum absolute atomic E-state index is 0.121. The lowest BCUT2D eigenvalue weighted by atomic mass is 10.1. The molecule has 2 heterocycles. The van der Waals surface area contributed by atoms with Gasteiger partial charge in [0.25, 0.3) is 0 Å². The summed E-state index contributed by atoms with van der Waals surface area (Å²) in [5.74, 6) is -0.139. The molecule has 1 aromatic rings. The average Bonchev–Trinajstić information content (AvgIpc) is 2.64. The van der Waals surface area contributed by atoms with Crippen molar-refractivity contribution in [3.8, 4) is 0 Å². The van der Waals surface area contributed by atoms with E-state index in [0.29, 0.717) is 12.1 Å². The van der Waals surface area contributed by atoms with Crippen LogP contribution in [0.5, 0.6) is 0 Å². The fraction of sp³-hybridized carbons (Fsp3) is 0.625. The summed E-state index contributed by atoms with van der Waals surface area (Å²) in [5, 5.41) is 0. The lowest BCUT2D eigenvalue weighted by Crippen LogP contribution is -2.37. The SMILES string of the molecule is C[C@H](N)c1ccc(N2CCC3CCC(C2)N3C)c(F)c1. The van der Waals surface area contributed by atoms with Crippen LogP contribution in [-0.4, -0.2) is 37.1 Å². The highest BCUT2D eigenvalue weighted by Gasteiger charge is 2.35. The maximum Gasteiger partial charge on any atom is 0.146 e. The summed E-state index contributed by atoms with van der Waals surface area (Å²) < 4.78 is 14.4. The molecule has 0 saturated carbocycles. The zero-order chi connectivity index (χ0) is 14.3. The number of halogens is 1. The molecule has 4 heteroatoms. The molecule has 0 spiro atoms. The molecule has 2 aliphatic heterocycles. The Morgan fingerprint density at radius 2 is 2.00 bits per heavy atom. The van der Waals surface area contributed by atoms with Gasteiger partial charge in [0, 0.05) is 31.2 Å². The van der Waals surface area contributed by atoms with E-state index in [9.17, 15) is 4.39 Å². The van der Waals surface area contributed by atoms with Crippen LogP contribution >= 0.6 is 0 Å². The van der Waals surface area contributed by atoms with Crippen LogP contribution in [0.25, 0.3) is 0 Å². The highest BCUT2D eigenvalue weighted by atomic mass is 19.1. The fourth-order valence-electron chi connectivity index (χ4n) is 3.59. The molecule has 20 heavy (non-hydrogen) atoms. The Morgan fingerprint density at radius 1 is 1.25 bits per heavy atom. The number of fused-ring (bicyclic) bond motifs is 2. The number of likely N-dealkylation sites (N-methyl/N-ethyl adjacent to an activating group) is 1. The summed E-state index contributed by atoms with van der Waals surface area (Å²) in [7, 11) is 2.21. The van der Waals surface area contributed by atoms with Gasteiger partial charge in [-0.1, -0.05) is 6.07 Å². The summed E-state index contributed by atoms with van der Waals surface area (Å²) in [6.45, 7) is 3.76. The van der Waals surface area contributed by atoms with Crippen LogP contribution in [-0.2, 0) is 0 Å². The van der Waals surface area contributed by atoms with Crippen molar-refractivity contribution in [3.63, 3.8) is 0 Å². The standard InChI is InChI=1S/C16H24FN3/c1-11(18)12-3-6-16(15(17)9-12)20-8-7-13-4-5-14(10-20)19(13)2/h3,6,9,11,13-14H,4-5,7-8,10,18H2,1-2H3/t11-,13?,14?/m0/s1. The molecule has 3 rings (SSSR count). The van der Waals surface area contributed by atoms with E-state index < -0.39 is 0 Å². The first-order valence-corrected chi connectivity index (χ1v) is 7.58. The van der Waals surface area contributed by atoms with Gasteiger partial charge in [-0.05, 0) is 50.9 Å². The van der Waals surface area contributed by atoms with Gasteiger partial charge >= 0.3 is 0 Å². The predicted molar refractivity (Wildman–Crippen MR) is 80.4 cm³/mol. The Labute approximate surface area is 120 Å². The van der Waals surface area contributed by atoms with Gasteiger partial charge in [0.1, 0.15) is 5.82 Å². The predicted octanol–water partition coefficient (Wildman–Crippen LogP) is 2.52. The van der Waals surface area contributed by atoms with E-state index in [2.05, 4.69) is 16.8 Å². The Kier molecular flexibility index (Phi) is 3.69. The molecule has 1 aromatic carbocycles. The quantitative estimate of drug-likeness (QED) is 0.901. The van der Waals surface area contributed by atoms with Crippen LogP contribution in [0.15, 0.2) is 18.2 Å². The molecule has 2 aliphatic rings. The second kappa shape index (κ2) is 5.34. The highest BCUT2D eigenvalue weighted by Crippen LogP contribution is 2.32. The zero-order valence-corrected chi connectivity index (χ0v) is 12.3. The van der Waals surface area contributed by atoms with E-state index in [1.165, 1.54) is 12.8 Å². The number of nitrogens with two attached hydrogens (primary N) is 1. The average molecular weight is 277 g/mol. The van der Waals surface area contributed by atoms with E-state index >= 15 is 0 Å². The number of hydrogen-bond donors (Lipinski definition) is 1. The van der Waals surface area contributed by atoms with E-state index in [1.807, 2.05) is 19.1 Å². The number of nitrogens with zero attached hydrogens (tertiary/aromatic N) is 2. The third-order valence-corrected chi connectivity index (χ3v) is 4.99. The number of anilines is 1. The van der Waals surface area contributed by atoms with Crippen molar-refractivity contribution >= 4 is 5.69 Å². The van der Waals surface area contributed by atoms with Crippen LogP contribution in [0.1, 0.15) is 37.8 Å². The summed E-state index contributed by atoms with van der Waals surface area (Å²) in [6.07, 6.45) is 3.65. The molecule has 2 unspecified atom stereocenters. The Morgan fingerprint density at radius 3 is 2.70 bits per heavy atom. The Hall–Kier alpha value is -1.13. The van der Waals surface area contributed by atoms with Gasteiger partial charge in [-0.15, -0.1) is 0 Å². The minimum Gasteiger partial charge on any atom is -0.368 e. The van der Waals surface area contributed by atoms with Crippen molar-refractivity contribution in [1.29, 1.82) is 0 Å². The van der Waals surface area contributed by atoms with Gasteiger partial charge in [0.15, 0.2) is 0 Å². The van der Waals surface area contributed by atoms with Crippen LogP contribution in [0.4, 0.5) is 10.1 Å². The van der Waals surface area contributed by atoms with Crippen LogP contribution < -0.4 is 10.6 Å². The maximum absolute atomic E-state index is 14.4. The molecule has 2 fully saturated rings. The minimum atomic E-state index is -0.139. The van der Waals surface area contributed by atoms with Gasteiger partial charge in [-0.25, -0.2) is 4.39 Å². The first-order valence-electron chi connectivity index (χ1n) is 7.58. The van der Waals surface area contributed by atoms with E-state index in [0.717, 1.165) is 30.8 Å². The molecule has 0 aliphatic carbocycles. The van der Waals surface area contributed by atoms with E-state index in [1.54, 1.807) is 6.07 Å². The second-order valence-corrected chi connectivity index (χ2v) is 6.28. The fourth-order valence-corrected chi connectivity index (χ4v) is 3.59. The van der Waals surface area contributed by atoms with Gasteiger partial charge in [0.2, 0.25) is 0 Å². The first-order chi connectivity index (χ1) is 9.56. The lowest BCUT2D eigenvalue weighted by Gasteiger charge is -2.28. The van der Waals surface area contributed by atoms with Crippen LogP contribution in [0.3, 0.4) is 0 Å². The molecule has 2 saturated heterocycles. The van der Waals surface area contributed by atoms with Crippen LogP contribution in [0.2, 0.25) is 0 Å². The van der Waals surface area contributed by atoms with E-state index in [4.69, 9.17) is 5.73 Å². The third kappa shape index (κ3) is 2.42. The van der Waals surface area contributed by atoms with Crippen LogP contribution in [0, 0.1) is 5.82 Å². The number of benzene rings is 1. The summed E-state index contributed by atoms with van der Waals surface area (Å²) in [4.78, 5) is 4.69. The molecule has 0 radical (unpaired) electrons.